The Labute approximate surface area is 151 Å². The van der Waals surface area contributed by atoms with Gasteiger partial charge in [0, 0.05) is 12.6 Å². The number of sulfonamides is 1. The zero-order valence-electron chi connectivity index (χ0n) is 14.3. The third-order valence-electron chi connectivity index (χ3n) is 4.58. The molecule has 1 aliphatic carbocycles. The van der Waals surface area contributed by atoms with Crippen molar-refractivity contribution in [3.63, 3.8) is 0 Å². The zero-order chi connectivity index (χ0) is 18.0. The van der Waals surface area contributed by atoms with Crippen LogP contribution in [0.25, 0.3) is 10.3 Å². The molecule has 2 heterocycles. The summed E-state index contributed by atoms with van der Waals surface area (Å²) in [6.45, 7) is 3.88. The summed E-state index contributed by atoms with van der Waals surface area (Å²) in [4.78, 5) is 8.38. The van der Waals surface area contributed by atoms with Gasteiger partial charge in [-0.15, -0.1) is 0 Å². The second-order valence-corrected chi connectivity index (χ2v) is 10.2. The average molecular weight is 387 g/mol. The Balaban J connectivity index is 1.50. The molecule has 138 valence electrons. The number of rotatable bonds is 6. The molecule has 25 heavy (non-hydrogen) atoms. The monoisotopic (exact) mass is 386 g/mol. The third-order valence-corrected chi connectivity index (χ3v) is 7.31. The fourth-order valence-electron chi connectivity index (χ4n) is 2.94. The number of anilines is 1. The SMILES string of the molecule is CC(C)S(=O)(=O)NC[C@H]1CC[C@H](Nc2nc3ncc(F)cc3s2)CC1. The summed E-state index contributed by atoms with van der Waals surface area (Å²) in [5, 5.41) is 3.77. The number of hydrogen-bond donors (Lipinski definition) is 2. The number of halogens is 1. The Hall–Kier alpha value is -1.32. The molecule has 0 bridgehead atoms. The topological polar surface area (TPSA) is 84.0 Å². The van der Waals surface area contributed by atoms with Gasteiger partial charge in [0.15, 0.2) is 10.8 Å². The molecular formula is C16H23FN4O2S2. The zero-order valence-corrected chi connectivity index (χ0v) is 16.0. The third kappa shape index (κ3) is 4.65. The Bertz CT molecular complexity index is 830. The Morgan fingerprint density at radius 2 is 2.04 bits per heavy atom. The van der Waals surface area contributed by atoms with Gasteiger partial charge in [-0.2, -0.15) is 0 Å². The first-order valence-corrected chi connectivity index (χ1v) is 10.9. The number of nitrogens with one attached hydrogen (secondary N) is 2. The molecule has 0 aliphatic heterocycles. The summed E-state index contributed by atoms with van der Waals surface area (Å²) < 4.78 is 40.3. The van der Waals surface area contributed by atoms with E-state index in [4.69, 9.17) is 0 Å². The fourth-order valence-corrected chi connectivity index (χ4v) is 4.67. The predicted molar refractivity (Wildman–Crippen MR) is 98.8 cm³/mol. The highest BCUT2D eigenvalue weighted by molar-refractivity contribution is 7.90. The first-order chi connectivity index (χ1) is 11.8. The summed E-state index contributed by atoms with van der Waals surface area (Å²) in [7, 11) is -3.19. The van der Waals surface area contributed by atoms with Crippen molar-refractivity contribution >= 4 is 36.8 Å². The summed E-state index contributed by atoms with van der Waals surface area (Å²) in [5.41, 5.74) is 0.561. The molecule has 2 aromatic rings. The molecule has 0 aromatic carbocycles. The minimum Gasteiger partial charge on any atom is -0.359 e. The van der Waals surface area contributed by atoms with Crippen LogP contribution in [0.2, 0.25) is 0 Å². The van der Waals surface area contributed by atoms with E-state index in [2.05, 4.69) is 20.0 Å². The van der Waals surface area contributed by atoms with Crippen LogP contribution in [0.15, 0.2) is 12.3 Å². The molecule has 0 spiro atoms. The highest BCUT2D eigenvalue weighted by atomic mass is 32.2. The van der Waals surface area contributed by atoms with Crippen LogP contribution in [0.1, 0.15) is 39.5 Å². The molecule has 2 aromatic heterocycles. The van der Waals surface area contributed by atoms with Crippen LogP contribution in [-0.4, -0.2) is 36.2 Å². The molecule has 0 atom stereocenters. The van der Waals surface area contributed by atoms with Crippen LogP contribution in [-0.2, 0) is 10.0 Å². The summed E-state index contributed by atoms with van der Waals surface area (Å²) in [6.07, 6.45) is 5.04. The number of nitrogens with zero attached hydrogens (tertiary/aromatic N) is 2. The van der Waals surface area contributed by atoms with Crippen molar-refractivity contribution in [2.45, 2.75) is 50.8 Å². The second-order valence-electron chi connectivity index (χ2n) is 6.80. The van der Waals surface area contributed by atoms with Crippen molar-refractivity contribution in [1.82, 2.24) is 14.7 Å². The lowest BCUT2D eigenvalue weighted by molar-refractivity contribution is 0.337. The molecule has 1 fully saturated rings. The highest BCUT2D eigenvalue weighted by Gasteiger charge is 2.24. The molecule has 1 saturated carbocycles. The van der Waals surface area contributed by atoms with Gasteiger partial charge in [0.05, 0.1) is 16.1 Å². The van der Waals surface area contributed by atoms with Gasteiger partial charge < -0.3 is 5.32 Å². The average Bonchev–Trinajstić information content (AvgIpc) is 2.95. The lowest BCUT2D eigenvalue weighted by Gasteiger charge is -2.29. The molecule has 6 nitrogen and oxygen atoms in total. The first kappa shape index (κ1) is 18.5. The van der Waals surface area contributed by atoms with Crippen molar-refractivity contribution in [2.75, 3.05) is 11.9 Å². The van der Waals surface area contributed by atoms with Crippen molar-refractivity contribution < 1.29 is 12.8 Å². The van der Waals surface area contributed by atoms with Gasteiger partial charge in [-0.25, -0.2) is 27.5 Å². The maximum absolute atomic E-state index is 13.2. The van der Waals surface area contributed by atoms with Gasteiger partial charge >= 0.3 is 0 Å². The van der Waals surface area contributed by atoms with E-state index in [-0.39, 0.29) is 5.82 Å². The number of thiazole rings is 1. The number of hydrogen-bond acceptors (Lipinski definition) is 6. The van der Waals surface area contributed by atoms with Gasteiger partial charge in [-0.3, -0.25) is 0 Å². The van der Waals surface area contributed by atoms with E-state index < -0.39 is 15.3 Å². The van der Waals surface area contributed by atoms with Gasteiger partial charge in [-0.05, 0) is 51.5 Å². The highest BCUT2D eigenvalue weighted by Crippen LogP contribution is 2.30. The van der Waals surface area contributed by atoms with E-state index in [1.165, 1.54) is 23.6 Å². The standard InChI is InChI=1S/C16H23FN4O2S2/c1-10(2)25(22,23)19-8-11-3-5-13(6-4-11)20-16-21-15-14(24-16)7-12(17)9-18-15/h7,9-11,13,19H,3-6,8H2,1-2H3,(H,18,20,21)/t11-,13-. The van der Waals surface area contributed by atoms with Crippen LogP contribution in [0.3, 0.4) is 0 Å². The van der Waals surface area contributed by atoms with Crippen molar-refractivity contribution in [3.05, 3.63) is 18.1 Å². The fraction of sp³-hybridized carbons (Fsp3) is 0.625. The lowest BCUT2D eigenvalue weighted by atomic mass is 9.86. The maximum atomic E-state index is 13.2. The molecule has 2 N–H and O–H groups in total. The van der Waals surface area contributed by atoms with E-state index in [1.54, 1.807) is 13.8 Å². The molecule has 0 amide bonds. The van der Waals surface area contributed by atoms with E-state index in [1.807, 2.05) is 0 Å². The van der Waals surface area contributed by atoms with Crippen molar-refractivity contribution in [1.29, 1.82) is 0 Å². The van der Waals surface area contributed by atoms with Crippen molar-refractivity contribution in [2.24, 2.45) is 5.92 Å². The molecular weight excluding hydrogens is 363 g/mol. The van der Waals surface area contributed by atoms with Crippen LogP contribution < -0.4 is 10.0 Å². The van der Waals surface area contributed by atoms with Crippen LogP contribution >= 0.6 is 11.3 Å². The summed E-state index contributed by atoms with van der Waals surface area (Å²) in [5.74, 6) is 0.0183. The number of pyridine rings is 1. The predicted octanol–water partition coefficient (Wildman–Crippen LogP) is 3.13. The van der Waals surface area contributed by atoms with E-state index in [0.29, 0.717) is 24.2 Å². The minimum atomic E-state index is -3.19. The molecule has 0 unspecified atom stereocenters. The molecule has 9 heteroatoms. The molecule has 0 saturated heterocycles. The largest absolute Gasteiger partial charge is 0.359 e. The molecule has 3 rings (SSSR count). The van der Waals surface area contributed by atoms with Crippen LogP contribution in [0.5, 0.6) is 0 Å². The molecule has 1 aliphatic rings. The first-order valence-electron chi connectivity index (χ1n) is 8.50. The van der Waals surface area contributed by atoms with Crippen molar-refractivity contribution in [3.8, 4) is 0 Å². The van der Waals surface area contributed by atoms with Gasteiger partial charge in [0.1, 0.15) is 5.82 Å². The van der Waals surface area contributed by atoms with E-state index in [9.17, 15) is 12.8 Å². The second kappa shape index (κ2) is 7.51. The van der Waals surface area contributed by atoms with Crippen LogP contribution in [0, 0.1) is 11.7 Å². The lowest BCUT2D eigenvalue weighted by Crippen LogP contribution is -2.37. The van der Waals surface area contributed by atoms with Gasteiger partial charge in [0.25, 0.3) is 0 Å². The quantitative estimate of drug-likeness (QED) is 0.797. The number of fused-ring (bicyclic) bond motifs is 1. The minimum absolute atomic E-state index is 0.309. The summed E-state index contributed by atoms with van der Waals surface area (Å²) >= 11 is 1.41. The van der Waals surface area contributed by atoms with Gasteiger partial charge in [-0.1, -0.05) is 11.3 Å². The smallest absolute Gasteiger partial charge is 0.213 e. The number of aromatic nitrogens is 2. The Morgan fingerprint density at radius 3 is 2.72 bits per heavy atom. The van der Waals surface area contributed by atoms with Gasteiger partial charge in [0.2, 0.25) is 10.0 Å². The molecule has 0 radical (unpaired) electrons. The Kier molecular flexibility index (Phi) is 5.55. The van der Waals surface area contributed by atoms with Crippen LogP contribution in [0.4, 0.5) is 9.52 Å². The Morgan fingerprint density at radius 1 is 1.32 bits per heavy atom. The maximum Gasteiger partial charge on any atom is 0.213 e. The normalized spacial score (nSPS) is 21.8. The van der Waals surface area contributed by atoms with E-state index >= 15 is 0 Å². The van der Waals surface area contributed by atoms with E-state index in [0.717, 1.165) is 35.5 Å². The summed E-state index contributed by atoms with van der Waals surface area (Å²) in [6, 6.07) is 1.76.